The molecule has 2 N–H and O–H groups in total. The minimum absolute atomic E-state index is 0.0453. The number of halogens is 3. The standard InChI is InChI=1S/C24H20F3NOS/c1-28-23-21(17-9-5-10-18(14-17)24(25,26)27)22(29)20(30-23)13-12-16-8-4-7-15-6-2-3-11-19(15)16/h2-11,14,28-29H,12-13H2,1H3. The van der Waals surface area contributed by atoms with E-state index in [1.54, 1.807) is 13.1 Å². The Morgan fingerprint density at radius 1 is 0.933 bits per heavy atom. The monoisotopic (exact) mass is 427 g/mol. The minimum Gasteiger partial charge on any atom is -0.506 e. The first-order valence-corrected chi connectivity index (χ1v) is 10.4. The van der Waals surface area contributed by atoms with Crippen molar-refractivity contribution >= 4 is 27.1 Å². The number of hydrogen-bond acceptors (Lipinski definition) is 3. The Kier molecular flexibility index (Phi) is 5.43. The third-order valence-corrected chi connectivity index (χ3v) is 6.42. The Hall–Kier alpha value is -2.99. The molecule has 0 radical (unpaired) electrons. The van der Waals surface area contributed by atoms with Gasteiger partial charge in [0, 0.05) is 11.9 Å². The lowest BCUT2D eigenvalue weighted by Crippen LogP contribution is -2.04. The molecule has 0 saturated carbocycles. The number of rotatable bonds is 5. The number of anilines is 1. The molecule has 0 unspecified atom stereocenters. The summed E-state index contributed by atoms with van der Waals surface area (Å²) in [7, 11) is 1.71. The van der Waals surface area contributed by atoms with Crippen molar-refractivity contribution in [3.05, 3.63) is 82.7 Å². The van der Waals surface area contributed by atoms with E-state index in [1.165, 1.54) is 28.4 Å². The molecule has 154 valence electrons. The molecule has 0 bridgehead atoms. The summed E-state index contributed by atoms with van der Waals surface area (Å²) in [6, 6.07) is 19.3. The first kappa shape index (κ1) is 20.3. The van der Waals surface area contributed by atoms with Crippen LogP contribution in [0, 0.1) is 0 Å². The highest BCUT2D eigenvalue weighted by Crippen LogP contribution is 2.47. The predicted molar refractivity (Wildman–Crippen MR) is 117 cm³/mol. The van der Waals surface area contributed by atoms with Gasteiger partial charge in [0.25, 0.3) is 0 Å². The fourth-order valence-corrected chi connectivity index (χ4v) is 4.76. The van der Waals surface area contributed by atoms with Crippen LogP contribution in [0.4, 0.5) is 18.2 Å². The van der Waals surface area contributed by atoms with Crippen LogP contribution in [0.2, 0.25) is 0 Å². The first-order chi connectivity index (χ1) is 14.4. The van der Waals surface area contributed by atoms with Crippen LogP contribution in [0.5, 0.6) is 5.75 Å². The second-order valence-electron chi connectivity index (χ2n) is 7.04. The van der Waals surface area contributed by atoms with E-state index in [-0.39, 0.29) is 5.75 Å². The molecule has 2 nitrogen and oxygen atoms in total. The maximum Gasteiger partial charge on any atom is 0.416 e. The molecule has 4 aromatic rings. The molecule has 30 heavy (non-hydrogen) atoms. The average molecular weight is 427 g/mol. The highest BCUT2D eigenvalue weighted by atomic mass is 32.1. The maximum absolute atomic E-state index is 13.1. The van der Waals surface area contributed by atoms with Crippen molar-refractivity contribution in [1.29, 1.82) is 0 Å². The van der Waals surface area contributed by atoms with Crippen LogP contribution in [0.15, 0.2) is 66.7 Å². The van der Waals surface area contributed by atoms with Crippen molar-refractivity contribution in [2.75, 3.05) is 12.4 Å². The highest BCUT2D eigenvalue weighted by molar-refractivity contribution is 7.17. The number of fused-ring (bicyclic) bond motifs is 1. The molecule has 0 aliphatic rings. The van der Waals surface area contributed by atoms with E-state index >= 15 is 0 Å². The quantitative estimate of drug-likeness (QED) is 0.355. The second kappa shape index (κ2) is 8.03. The molecule has 0 atom stereocenters. The van der Waals surface area contributed by atoms with E-state index in [4.69, 9.17) is 0 Å². The predicted octanol–water partition coefficient (Wildman–Crippen LogP) is 7.12. The maximum atomic E-state index is 13.1. The molecule has 0 saturated heterocycles. The molecular formula is C24H20F3NOS. The lowest BCUT2D eigenvalue weighted by Gasteiger charge is -2.10. The summed E-state index contributed by atoms with van der Waals surface area (Å²) < 4.78 is 39.4. The van der Waals surface area contributed by atoms with Crippen molar-refractivity contribution in [3.63, 3.8) is 0 Å². The molecular weight excluding hydrogens is 407 g/mol. The number of thiophene rings is 1. The largest absolute Gasteiger partial charge is 0.506 e. The number of benzene rings is 3. The van der Waals surface area contributed by atoms with Crippen LogP contribution in [-0.4, -0.2) is 12.2 Å². The summed E-state index contributed by atoms with van der Waals surface area (Å²) >= 11 is 1.38. The summed E-state index contributed by atoms with van der Waals surface area (Å²) in [5.74, 6) is 0.0453. The number of hydrogen-bond donors (Lipinski definition) is 2. The van der Waals surface area contributed by atoms with Crippen LogP contribution < -0.4 is 5.32 Å². The summed E-state index contributed by atoms with van der Waals surface area (Å²) in [5.41, 5.74) is 1.21. The smallest absolute Gasteiger partial charge is 0.416 e. The molecule has 6 heteroatoms. The summed E-state index contributed by atoms with van der Waals surface area (Å²) in [6.07, 6.45) is -3.11. The van der Waals surface area contributed by atoms with Gasteiger partial charge in [0.05, 0.1) is 11.1 Å². The molecule has 0 aliphatic carbocycles. The van der Waals surface area contributed by atoms with E-state index in [2.05, 4.69) is 29.6 Å². The Bertz CT molecular complexity index is 1190. The van der Waals surface area contributed by atoms with E-state index in [0.29, 0.717) is 22.5 Å². The van der Waals surface area contributed by atoms with E-state index < -0.39 is 11.7 Å². The average Bonchev–Trinajstić information content (AvgIpc) is 3.07. The zero-order valence-corrected chi connectivity index (χ0v) is 17.1. The first-order valence-electron chi connectivity index (χ1n) is 9.55. The number of aryl methyl sites for hydroxylation is 2. The van der Waals surface area contributed by atoms with E-state index in [1.807, 2.05) is 18.2 Å². The minimum atomic E-state index is -4.43. The van der Waals surface area contributed by atoms with Gasteiger partial charge in [-0.25, -0.2) is 0 Å². The van der Waals surface area contributed by atoms with Gasteiger partial charge in [0.1, 0.15) is 10.8 Å². The zero-order chi connectivity index (χ0) is 21.3. The Labute approximate surface area is 176 Å². The Morgan fingerprint density at radius 3 is 2.43 bits per heavy atom. The fraction of sp³-hybridized carbons (Fsp3) is 0.167. The second-order valence-corrected chi connectivity index (χ2v) is 8.15. The van der Waals surface area contributed by atoms with Crippen LogP contribution in [0.1, 0.15) is 16.0 Å². The molecule has 0 fully saturated rings. The van der Waals surface area contributed by atoms with Gasteiger partial charge in [0.15, 0.2) is 0 Å². The normalized spacial score (nSPS) is 11.7. The van der Waals surface area contributed by atoms with Crippen molar-refractivity contribution in [2.45, 2.75) is 19.0 Å². The molecule has 1 heterocycles. The van der Waals surface area contributed by atoms with Gasteiger partial charge in [0.2, 0.25) is 0 Å². The van der Waals surface area contributed by atoms with Gasteiger partial charge in [-0.15, -0.1) is 11.3 Å². The van der Waals surface area contributed by atoms with Gasteiger partial charge in [-0.1, -0.05) is 54.6 Å². The third-order valence-electron chi connectivity index (χ3n) is 5.16. The lowest BCUT2D eigenvalue weighted by atomic mass is 9.99. The topological polar surface area (TPSA) is 32.3 Å². The summed E-state index contributed by atoms with van der Waals surface area (Å²) in [4.78, 5) is 0.750. The van der Waals surface area contributed by atoms with Crippen molar-refractivity contribution in [2.24, 2.45) is 0 Å². The van der Waals surface area contributed by atoms with Gasteiger partial charge in [-0.3, -0.25) is 0 Å². The van der Waals surface area contributed by atoms with Gasteiger partial charge < -0.3 is 10.4 Å². The molecule has 0 spiro atoms. The van der Waals surface area contributed by atoms with Gasteiger partial charge >= 0.3 is 6.18 Å². The summed E-state index contributed by atoms with van der Waals surface area (Å²) in [6.45, 7) is 0. The third kappa shape index (κ3) is 3.87. The van der Waals surface area contributed by atoms with Gasteiger partial charge in [-0.05, 0) is 46.9 Å². The molecule has 0 aliphatic heterocycles. The zero-order valence-electron chi connectivity index (χ0n) is 16.3. The van der Waals surface area contributed by atoms with Crippen LogP contribution in [-0.2, 0) is 19.0 Å². The van der Waals surface area contributed by atoms with Crippen molar-refractivity contribution in [3.8, 4) is 16.9 Å². The molecule has 4 rings (SSSR count). The van der Waals surface area contributed by atoms with Crippen LogP contribution in [0.3, 0.4) is 0 Å². The number of nitrogens with one attached hydrogen (secondary N) is 1. The Balaban J connectivity index is 1.67. The fourth-order valence-electron chi connectivity index (χ4n) is 3.69. The van der Waals surface area contributed by atoms with Crippen molar-refractivity contribution in [1.82, 2.24) is 0 Å². The van der Waals surface area contributed by atoms with E-state index in [9.17, 15) is 18.3 Å². The van der Waals surface area contributed by atoms with Crippen LogP contribution >= 0.6 is 11.3 Å². The lowest BCUT2D eigenvalue weighted by molar-refractivity contribution is -0.137. The molecule has 3 aromatic carbocycles. The highest BCUT2D eigenvalue weighted by Gasteiger charge is 2.31. The SMILES string of the molecule is CNc1sc(CCc2cccc3ccccc23)c(O)c1-c1cccc(C(F)(F)F)c1. The molecule has 0 amide bonds. The summed E-state index contributed by atoms with van der Waals surface area (Å²) in [5, 5.41) is 16.9. The number of aromatic hydroxyl groups is 1. The number of alkyl halides is 3. The Morgan fingerprint density at radius 2 is 1.67 bits per heavy atom. The van der Waals surface area contributed by atoms with Crippen molar-refractivity contribution < 1.29 is 18.3 Å². The van der Waals surface area contributed by atoms with E-state index in [0.717, 1.165) is 28.8 Å². The van der Waals surface area contributed by atoms with Gasteiger partial charge in [-0.2, -0.15) is 13.2 Å². The van der Waals surface area contributed by atoms with Crippen LogP contribution in [0.25, 0.3) is 21.9 Å². The molecule has 1 aromatic heterocycles.